The Labute approximate surface area is 356 Å². The molecule has 0 N–H and O–H groups in total. The van der Waals surface area contributed by atoms with Crippen LogP contribution in [0.3, 0.4) is 0 Å². The Morgan fingerprint density at radius 2 is 0.933 bits per heavy atom. The molecule has 2 aliphatic rings. The van der Waals surface area contributed by atoms with Gasteiger partial charge in [-0.05, 0) is 104 Å². The first-order valence-electron chi connectivity index (χ1n) is 22.6. The summed E-state index contributed by atoms with van der Waals surface area (Å²) in [7, 11) is 0. The highest BCUT2D eigenvalue weighted by molar-refractivity contribution is 6.09. The first-order valence-corrected chi connectivity index (χ1v) is 20.6. The third kappa shape index (κ3) is 4.88. The smallest absolute Gasteiger partial charge is 0.143 e. The van der Waals surface area contributed by atoms with Crippen LogP contribution in [0.5, 0.6) is 0 Å². The molecule has 2 nitrogen and oxygen atoms in total. The van der Waals surface area contributed by atoms with Gasteiger partial charge < -0.3 is 9.32 Å². The summed E-state index contributed by atoms with van der Waals surface area (Å²) in [5.74, 6) is 0. The molecule has 1 aromatic heterocycles. The maximum Gasteiger partial charge on any atom is 0.143 e. The molecular weight excluding hydrogens is 727 g/mol. The van der Waals surface area contributed by atoms with Crippen LogP contribution in [0.1, 0.15) is 52.7 Å². The maximum atomic E-state index is 9.95. The molecule has 0 aliphatic heterocycles. The fourth-order valence-electron chi connectivity index (χ4n) is 10.3. The van der Waals surface area contributed by atoms with E-state index in [-0.39, 0.29) is 40.8 Å². The zero-order valence-corrected chi connectivity index (χ0v) is 33.3. The minimum absolute atomic E-state index is 0.140. The number of nitrogens with zero attached hydrogens (tertiary/aromatic N) is 1. The molecule has 1 heterocycles. The van der Waals surface area contributed by atoms with Gasteiger partial charge in [-0.2, -0.15) is 0 Å². The predicted molar refractivity (Wildman–Crippen MR) is 249 cm³/mol. The SMILES string of the molecule is [2H]c1c([2H])c(N(c2ccc3c(c2)C(C)(C)c2ccccc2-3)c2ccc3c(c2)C(c2ccccc2)(c2ccccc2)c2ccccc2-3)c([2H])c([2H])c1-c1cccc2c1oc1ccccc12. The summed E-state index contributed by atoms with van der Waals surface area (Å²) in [6.07, 6.45) is 0. The molecule has 2 aliphatic carbocycles. The standard InChI is InChI=1S/C58H41NO/c1-57(2)51-25-12-9-20-45(51)47-34-32-42(36-53(47)57)59(41-30-28-38(29-31-41)44-23-15-24-50-49-22-11-14-27-55(49)60-56(44)50)43-33-35-48-46-21-10-13-26-52(46)58(54(48)37-43,39-16-5-3-6-17-39)40-18-7-4-8-19-40/h3-37H,1-2H3/i28D,29D,30D,31D. The van der Waals surface area contributed by atoms with Gasteiger partial charge in [-0.25, -0.2) is 0 Å². The number of benzene rings is 9. The minimum atomic E-state index is -0.693. The van der Waals surface area contributed by atoms with E-state index in [0.717, 1.165) is 61.1 Å². The molecule has 0 spiro atoms. The van der Waals surface area contributed by atoms with Crippen LogP contribution < -0.4 is 4.90 Å². The van der Waals surface area contributed by atoms with Crippen LogP contribution in [0, 0.1) is 0 Å². The molecule has 0 radical (unpaired) electrons. The molecule has 10 aromatic rings. The highest BCUT2D eigenvalue weighted by Gasteiger charge is 2.46. The maximum absolute atomic E-state index is 9.95. The van der Waals surface area contributed by atoms with E-state index in [9.17, 15) is 5.48 Å². The van der Waals surface area contributed by atoms with E-state index >= 15 is 0 Å². The molecule has 60 heavy (non-hydrogen) atoms. The summed E-state index contributed by atoms with van der Waals surface area (Å²) in [5, 5.41) is 1.79. The fraction of sp³-hybridized carbons (Fsp3) is 0.0690. The minimum Gasteiger partial charge on any atom is -0.455 e. The number of furan rings is 1. The van der Waals surface area contributed by atoms with Crippen LogP contribution in [0.25, 0.3) is 55.3 Å². The Bertz CT molecular complexity index is 3470. The van der Waals surface area contributed by atoms with Crippen molar-refractivity contribution in [2.45, 2.75) is 24.7 Å². The number of hydrogen-bond donors (Lipinski definition) is 0. The molecule has 284 valence electrons. The summed E-state index contributed by atoms with van der Waals surface area (Å²) < 4.78 is 45.8. The van der Waals surface area contributed by atoms with E-state index in [1.54, 1.807) is 0 Å². The summed E-state index contributed by atoms with van der Waals surface area (Å²) >= 11 is 0. The lowest BCUT2D eigenvalue weighted by atomic mass is 9.67. The van der Waals surface area contributed by atoms with Gasteiger partial charge in [-0.1, -0.05) is 184 Å². The van der Waals surface area contributed by atoms with Gasteiger partial charge in [0.25, 0.3) is 0 Å². The fourth-order valence-corrected chi connectivity index (χ4v) is 10.3. The third-order valence-electron chi connectivity index (χ3n) is 13.0. The van der Waals surface area contributed by atoms with Crippen LogP contribution in [-0.2, 0) is 10.8 Å². The van der Waals surface area contributed by atoms with E-state index < -0.39 is 5.41 Å². The predicted octanol–water partition coefficient (Wildman–Crippen LogP) is 15.4. The van der Waals surface area contributed by atoms with Crippen molar-refractivity contribution in [2.75, 3.05) is 4.90 Å². The second kappa shape index (κ2) is 13.0. The molecule has 12 rings (SSSR count). The van der Waals surface area contributed by atoms with E-state index in [2.05, 4.69) is 159 Å². The first kappa shape index (κ1) is 30.6. The van der Waals surface area contributed by atoms with Gasteiger partial charge in [-0.15, -0.1) is 0 Å². The van der Waals surface area contributed by atoms with Gasteiger partial charge in [0.1, 0.15) is 11.2 Å². The van der Waals surface area contributed by atoms with Gasteiger partial charge in [0.2, 0.25) is 0 Å². The highest BCUT2D eigenvalue weighted by Crippen LogP contribution is 2.58. The normalized spacial score (nSPS) is 15.0. The highest BCUT2D eigenvalue weighted by atomic mass is 16.3. The number of para-hydroxylation sites is 2. The van der Waals surface area contributed by atoms with E-state index in [1.807, 2.05) is 47.4 Å². The van der Waals surface area contributed by atoms with Crippen molar-refractivity contribution in [3.05, 3.63) is 246 Å². The summed E-state index contributed by atoms with van der Waals surface area (Å²) in [6, 6.07) is 64.3. The van der Waals surface area contributed by atoms with Gasteiger partial charge in [0, 0.05) is 38.8 Å². The van der Waals surface area contributed by atoms with Crippen molar-refractivity contribution < 1.29 is 9.90 Å². The molecule has 0 saturated heterocycles. The van der Waals surface area contributed by atoms with Crippen LogP contribution in [0.4, 0.5) is 17.1 Å². The van der Waals surface area contributed by atoms with E-state index in [0.29, 0.717) is 16.7 Å². The average molecular weight is 772 g/mol. The molecule has 0 unspecified atom stereocenters. The molecule has 0 bridgehead atoms. The molecule has 0 amide bonds. The molecule has 0 saturated carbocycles. The number of hydrogen-bond acceptors (Lipinski definition) is 2. The van der Waals surface area contributed by atoms with Crippen LogP contribution in [0.2, 0.25) is 0 Å². The lowest BCUT2D eigenvalue weighted by Gasteiger charge is -2.35. The average Bonchev–Trinajstić information content (AvgIpc) is 3.94. The molecular formula is C58H41NO. The Hall–Kier alpha value is -7.42. The van der Waals surface area contributed by atoms with Crippen molar-refractivity contribution in [3.8, 4) is 33.4 Å². The Balaban J connectivity index is 1.14. The third-order valence-corrected chi connectivity index (χ3v) is 13.0. The van der Waals surface area contributed by atoms with Gasteiger partial charge in [0.15, 0.2) is 0 Å². The number of fused-ring (bicyclic) bond motifs is 9. The lowest BCUT2D eigenvalue weighted by Crippen LogP contribution is -2.28. The monoisotopic (exact) mass is 771 g/mol. The molecule has 9 aromatic carbocycles. The summed E-state index contributed by atoms with van der Waals surface area (Å²) in [5.41, 5.74) is 14.0. The van der Waals surface area contributed by atoms with E-state index in [1.165, 1.54) is 16.7 Å². The summed E-state index contributed by atoms with van der Waals surface area (Å²) in [6.45, 7) is 4.49. The first-order chi connectivity index (χ1) is 31.2. The number of anilines is 3. The topological polar surface area (TPSA) is 16.4 Å². The molecule has 2 heteroatoms. The van der Waals surface area contributed by atoms with Crippen LogP contribution in [0.15, 0.2) is 217 Å². The second-order valence-electron chi connectivity index (χ2n) is 16.5. The van der Waals surface area contributed by atoms with Crippen LogP contribution >= 0.6 is 0 Å². The molecule has 0 atom stereocenters. The van der Waals surface area contributed by atoms with Gasteiger partial charge in [0.05, 0.1) is 10.9 Å². The quantitative estimate of drug-likeness (QED) is 0.167. The summed E-state index contributed by atoms with van der Waals surface area (Å²) in [4.78, 5) is 1.95. The van der Waals surface area contributed by atoms with Crippen molar-refractivity contribution in [1.82, 2.24) is 0 Å². The number of rotatable bonds is 6. The van der Waals surface area contributed by atoms with Crippen molar-refractivity contribution >= 4 is 39.0 Å². The Morgan fingerprint density at radius 1 is 0.417 bits per heavy atom. The largest absolute Gasteiger partial charge is 0.455 e. The Kier molecular flexibility index (Phi) is 6.66. The van der Waals surface area contributed by atoms with Gasteiger partial charge in [-0.3, -0.25) is 0 Å². The van der Waals surface area contributed by atoms with Crippen LogP contribution in [-0.4, -0.2) is 0 Å². The zero-order valence-electron chi connectivity index (χ0n) is 37.3. The van der Waals surface area contributed by atoms with Crippen molar-refractivity contribution in [3.63, 3.8) is 0 Å². The van der Waals surface area contributed by atoms with Gasteiger partial charge >= 0.3 is 0 Å². The second-order valence-corrected chi connectivity index (χ2v) is 16.5. The van der Waals surface area contributed by atoms with Crippen molar-refractivity contribution in [2.24, 2.45) is 0 Å². The lowest BCUT2D eigenvalue weighted by molar-refractivity contribution is 0.660. The zero-order chi connectivity index (χ0) is 43.5. The van der Waals surface area contributed by atoms with Crippen molar-refractivity contribution in [1.29, 1.82) is 0 Å². The Morgan fingerprint density at radius 3 is 1.63 bits per heavy atom. The van der Waals surface area contributed by atoms with E-state index in [4.69, 9.17) is 4.42 Å². The molecule has 0 fully saturated rings.